The molecule has 2 N–H and O–H groups in total. The normalized spacial score (nSPS) is 18.7. The fourth-order valence-corrected chi connectivity index (χ4v) is 5.64. The Morgan fingerprint density at radius 2 is 1.70 bits per heavy atom. The Kier molecular flexibility index (Phi) is 7.42. The van der Waals surface area contributed by atoms with Crippen LogP contribution in [0.1, 0.15) is 49.1 Å². The number of ether oxygens (including phenoxy) is 2. The smallest absolute Gasteiger partial charge is 0.407 e. The molecule has 2 heterocycles. The first-order chi connectivity index (χ1) is 19.0. The molecule has 8 nitrogen and oxygen atoms in total. The molecule has 0 radical (unpaired) electrons. The van der Waals surface area contributed by atoms with Gasteiger partial charge in [-0.3, -0.25) is 4.79 Å². The fourth-order valence-electron chi connectivity index (χ4n) is 5.51. The van der Waals surface area contributed by atoms with E-state index in [2.05, 4.69) is 0 Å². The van der Waals surface area contributed by atoms with Crippen LogP contribution in [0.15, 0.2) is 60.7 Å². The second-order valence-electron chi connectivity index (χ2n) is 10.8. The zero-order valence-corrected chi connectivity index (χ0v) is 23.7. The van der Waals surface area contributed by atoms with Crippen molar-refractivity contribution in [2.24, 2.45) is 5.92 Å². The minimum Gasteiger partial charge on any atom is -0.493 e. The van der Waals surface area contributed by atoms with Crippen LogP contribution in [-0.2, 0) is 16.8 Å². The minimum atomic E-state index is -1.21. The first kappa shape index (κ1) is 27.8. The van der Waals surface area contributed by atoms with Gasteiger partial charge in [0.2, 0.25) is 5.91 Å². The minimum absolute atomic E-state index is 0.0687. The van der Waals surface area contributed by atoms with Gasteiger partial charge >= 0.3 is 6.09 Å². The molecule has 2 amide bonds. The third-order valence-electron chi connectivity index (χ3n) is 7.81. The zero-order valence-electron chi connectivity index (χ0n) is 22.9. The molecule has 1 fully saturated rings. The first-order valence-corrected chi connectivity index (χ1v) is 13.6. The maximum absolute atomic E-state index is 13.7. The lowest BCUT2D eigenvalue weighted by Crippen LogP contribution is -2.57. The van der Waals surface area contributed by atoms with Gasteiger partial charge in [0.1, 0.15) is 0 Å². The quantitative estimate of drug-likeness (QED) is 0.386. The predicted molar refractivity (Wildman–Crippen MR) is 152 cm³/mol. The van der Waals surface area contributed by atoms with Crippen LogP contribution >= 0.6 is 11.6 Å². The molecule has 1 saturated heterocycles. The van der Waals surface area contributed by atoms with Gasteiger partial charge < -0.3 is 29.5 Å². The summed E-state index contributed by atoms with van der Waals surface area (Å²) in [6, 6.07) is 18.1. The number of hydrogen-bond donors (Lipinski definition) is 2. The van der Waals surface area contributed by atoms with E-state index in [1.807, 2.05) is 74.5 Å². The van der Waals surface area contributed by atoms with Crippen LogP contribution in [0, 0.1) is 5.92 Å². The summed E-state index contributed by atoms with van der Waals surface area (Å²) in [5.41, 5.74) is 2.81. The Morgan fingerprint density at radius 1 is 1.05 bits per heavy atom. The molecule has 1 unspecified atom stereocenters. The van der Waals surface area contributed by atoms with Crippen LogP contribution in [0.3, 0.4) is 0 Å². The first-order valence-electron chi connectivity index (χ1n) is 13.2. The molecule has 2 aliphatic rings. The summed E-state index contributed by atoms with van der Waals surface area (Å²) in [5, 5.41) is 21.0. The van der Waals surface area contributed by atoms with E-state index in [4.69, 9.17) is 21.1 Å². The molecule has 3 aromatic rings. The number of rotatable bonds is 7. The van der Waals surface area contributed by atoms with Crippen LogP contribution in [0.2, 0.25) is 5.02 Å². The van der Waals surface area contributed by atoms with Crippen molar-refractivity contribution in [2.75, 3.05) is 25.1 Å². The second-order valence-corrected chi connectivity index (χ2v) is 11.3. The Bertz CT molecular complexity index is 1410. The summed E-state index contributed by atoms with van der Waals surface area (Å²) in [4.78, 5) is 28.0. The number of benzene rings is 3. The number of aliphatic hydroxyl groups is 1. The van der Waals surface area contributed by atoms with Gasteiger partial charge in [-0.1, -0.05) is 35.9 Å². The number of fused-ring (bicyclic) bond motifs is 1. The van der Waals surface area contributed by atoms with E-state index in [0.29, 0.717) is 27.8 Å². The van der Waals surface area contributed by atoms with E-state index in [-0.39, 0.29) is 37.4 Å². The highest BCUT2D eigenvalue weighted by molar-refractivity contribution is 6.30. The van der Waals surface area contributed by atoms with Crippen molar-refractivity contribution >= 4 is 29.3 Å². The van der Waals surface area contributed by atoms with Crippen LogP contribution < -0.4 is 14.4 Å². The number of anilines is 1. The molecule has 40 heavy (non-hydrogen) atoms. The number of likely N-dealkylation sites (tertiary alicyclic amines) is 1. The standard InChI is InChI=1S/C31H33ClN2O6/c1-18(2)40-27-15-25-20(13-26(27)39-4)14-28(35)34(29(25)19-5-9-23(32)10-6-19)24-11-7-21(8-12-24)31(3,38)22-16-33(17-22)30(36)37/h5-13,15,18,22,29,38H,14,16-17H2,1-4H3,(H,36,37)/t29-,31?/m0/s1. The number of nitrogens with zero attached hydrogens (tertiary/aromatic N) is 2. The van der Waals surface area contributed by atoms with Crippen molar-refractivity contribution in [1.82, 2.24) is 4.90 Å². The third-order valence-corrected chi connectivity index (χ3v) is 8.07. The monoisotopic (exact) mass is 564 g/mol. The fraction of sp³-hybridized carbons (Fsp3) is 0.355. The molecule has 2 atom stereocenters. The SMILES string of the molecule is COc1cc2c(cc1OC(C)C)[C@H](c1ccc(Cl)cc1)N(c1ccc(C(C)(O)C3CN(C(=O)O)C3)cc1)C(=O)C2. The van der Waals surface area contributed by atoms with Gasteiger partial charge in [-0.15, -0.1) is 0 Å². The zero-order chi connectivity index (χ0) is 28.8. The number of carboxylic acid groups (broad SMARTS) is 1. The van der Waals surface area contributed by atoms with Crippen molar-refractivity contribution in [1.29, 1.82) is 0 Å². The molecule has 0 aromatic heterocycles. The number of amides is 2. The number of hydrogen-bond acceptors (Lipinski definition) is 5. The van der Waals surface area contributed by atoms with Crippen LogP contribution in [0.25, 0.3) is 0 Å². The number of halogens is 1. The largest absolute Gasteiger partial charge is 0.493 e. The summed E-state index contributed by atoms with van der Waals surface area (Å²) in [5.74, 6) is 0.885. The second kappa shape index (κ2) is 10.7. The lowest BCUT2D eigenvalue weighted by molar-refractivity contribution is -0.118. The molecule has 5 rings (SSSR count). The van der Waals surface area contributed by atoms with E-state index in [9.17, 15) is 19.8 Å². The highest BCUT2D eigenvalue weighted by Gasteiger charge is 2.44. The molecular formula is C31H33ClN2O6. The molecule has 0 spiro atoms. The molecule has 2 aliphatic heterocycles. The molecule has 0 aliphatic carbocycles. The van der Waals surface area contributed by atoms with Gasteiger partial charge in [-0.25, -0.2) is 4.79 Å². The third kappa shape index (κ3) is 5.09. The maximum Gasteiger partial charge on any atom is 0.407 e. The van der Waals surface area contributed by atoms with E-state index in [1.165, 1.54) is 4.90 Å². The van der Waals surface area contributed by atoms with Gasteiger partial charge in [-0.2, -0.15) is 0 Å². The molecule has 0 saturated carbocycles. The Morgan fingerprint density at radius 3 is 2.27 bits per heavy atom. The van der Waals surface area contributed by atoms with Gasteiger partial charge in [-0.05, 0) is 79.4 Å². The Hall–Kier alpha value is -3.75. The number of methoxy groups -OCH3 is 1. The van der Waals surface area contributed by atoms with Crippen molar-refractivity contribution in [2.45, 2.75) is 44.9 Å². The van der Waals surface area contributed by atoms with Crippen molar-refractivity contribution in [3.05, 3.63) is 87.9 Å². The lowest BCUT2D eigenvalue weighted by Gasteiger charge is -2.45. The summed E-state index contributed by atoms with van der Waals surface area (Å²) in [7, 11) is 1.59. The van der Waals surface area contributed by atoms with Crippen LogP contribution in [0.4, 0.5) is 10.5 Å². The highest BCUT2D eigenvalue weighted by atomic mass is 35.5. The molecule has 9 heteroatoms. The average Bonchev–Trinajstić information content (AvgIpc) is 2.87. The van der Waals surface area contributed by atoms with E-state index in [1.54, 1.807) is 18.9 Å². The Balaban J connectivity index is 1.55. The molecule has 0 bridgehead atoms. The summed E-state index contributed by atoms with van der Waals surface area (Å²) < 4.78 is 11.7. The number of carbonyl (C=O) groups excluding carboxylic acids is 1. The predicted octanol–water partition coefficient (Wildman–Crippen LogP) is 5.63. The highest BCUT2D eigenvalue weighted by Crippen LogP contribution is 2.44. The molecule has 3 aromatic carbocycles. The topological polar surface area (TPSA) is 99.5 Å². The van der Waals surface area contributed by atoms with Crippen molar-refractivity contribution in [3.8, 4) is 11.5 Å². The van der Waals surface area contributed by atoms with Crippen LogP contribution in [0.5, 0.6) is 11.5 Å². The van der Waals surface area contributed by atoms with Gasteiger partial charge in [0, 0.05) is 29.7 Å². The Labute approximate surface area is 238 Å². The van der Waals surface area contributed by atoms with Crippen LogP contribution in [-0.4, -0.2) is 53.4 Å². The lowest BCUT2D eigenvalue weighted by atomic mass is 9.78. The molecule has 210 valence electrons. The van der Waals surface area contributed by atoms with Crippen molar-refractivity contribution < 1.29 is 29.3 Å². The summed E-state index contributed by atoms with van der Waals surface area (Å²) in [6.45, 7) is 6.15. The average molecular weight is 565 g/mol. The molecular weight excluding hydrogens is 532 g/mol. The summed E-state index contributed by atoms with van der Waals surface area (Å²) in [6.07, 6.45) is -0.871. The number of carbonyl (C=O) groups is 2. The van der Waals surface area contributed by atoms with Gasteiger partial charge in [0.15, 0.2) is 11.5 Å². The van der Waals surface area contributed by atoms with E-state index >= 15 is 0 Å². The van der Waals surface area contributed by atoms with Gasteiger partial charge in [0.05, 0.1) is 31.3 Å². The van der Waals surface area contributed by atoms with Gasteiger partial charge in [0.25, 0.3) is 0 Å². The van der Waals surface area contributed by atoms with Crippen molar-refractivity contribution in [3.63, 3.8) is 0 Å². The van der Waals surface area contributed by atoms with E-state index in [0.717, 1.165) is 16.7 Å². The van der Waals surface area contributed by atoms with E-state index < -0.39 is 17.7 Å². The maximum atomic E-state index is 13.7. The summed E-state index contributed by atoms with van der Waals surface area (Å²) >= 11 is 6.21.